The minimum Gasteiger partial charge on any atom is -0.508 e. The molecule has 0 aliphatic carbocycles. The zero-order valence-electron chi connectivity index (χ0n) is 22.7. The number of nitro groups is 1. The van der Waals surface area contributed by atoms with Crippen molar-refractivity contribution in [1.82, 2.24) is 15.1 Å². The molecule has 2 aliphatic heterocycles. The van der Waals surface area contributed by atoms with Crippen LogP contribution >= 0.6 is 0 Å². The molecule has 4 amide bonds. The number of imide groups is 1. The van der Waals surface area contributed by atoms with Crippen LogP contribution in [-0.2, 0) is 53.6 Å². The number of nitrogens with one attached hydrogen (secondary N) is 2. The number of nitrogens with zero attached hydrogens (tertiary/aromatic N) is 3. The van der Waals surface area contributed by atoms with Crippen LogP contribution in [0.15, 0.2) is 42.5 Å². The number of phenolic OH excluding ortho intramolecular Hbond substituents is 1. The Morgan fingerprint density at radius 1 is 1.17 bits per heavy atom. The molecule has 4 N–H and O–H groups in total. The van der Waals surface area contributed by atoms with Gasteiger partial charge in [0, 0.05) is 93.8 Å². The number of benzene rings is 2. The zero-order valence-corrected chi connectivity index (χ0v) is 25.5. The van der Waals surface area contributed by atoms with Crippen molar-refractivity contribution in [3.8, 4) is 5.75 Å². The van der Waals surface area contributed by atoms with Crippen molar-refractivity contribution >= 4 is 35.5 Å². The number of non-ortho nitro benzene ring substituents is 1. The Bertz CT molecular complexity index is 1230. The summed E-state index contributed by atoms with van der Waals surface area (Å²) in [7, 11) is 0. The van der Waals surface area contributed by atoms with Gasteiger partial charge in [-0.25, -0.2) is 0 Å². The number of hydrogen-bond donors (Lipinski definition) is 4. The minimum atomic E-state index is -0.514. The van der Waals surface area contributed by atoms with Crippen LogP contribution in [0.2, 0.25) is 0 Å². The summed E-state index contributed by atoms with van der Waals surface area (Å²) >= 11 is 0. The van der Waals surface area contributed by atoms with Crippen molar-refractivity contribution in [2.75, 3.05) is 25.0 Å². The first-order valence-corrected chi connectivity index (χ1v) is 12.9. The quantitative estimate of drug-likeness (QED) is 0.180. The molecule has 4 rings (SSSR count). The summed E-state index contributed by atoms with van der Waals surface area (Å²) in [6.45, 7) is 3.51. The van der Waals surface area contributed by atoms with Crippen LogP contribution in [0.25, 0.3) is 0 Å². The number of phenols is 1. The summed E-state index contributed by atoms with van der Waals surface area (Å²) < 4.78 is 0. The van der Waals surface area contributed by atoms with Gasteiger partial charge in [-0.3, -0.25) is 34.6 Å². The average molecular weight is 644 g/mol. The molecule has 2 heterocycles. The van der Waals surface area contributed by atoms with Crippen molar-refractivity contribution in [2.24, 2.45) is 0 Å². The second kappa shape index (κ2) is 16.1. The van der Waals surface area contributed by atoms with Gasteiger partial charge in [-0.1, -0.05) is 6.07 Å². The average Bonchev–Trinajstić information content (AvgIpc) is 3.28. The Kier molecular flexibility index (Phi) is 13.3. The molecule has 0 saturated carbocycles. The number of rotatable bonds is 9. The van der Waals surface area contributed by atoms with Crippen LogP contribution in [-0.4, -0.2) is 80.8 Å². The molecule has 1 radical (unpaired) electrons. The number of carbonyl (C=O) groups is 4. The smallest absolute Gasteiger partial charge is 0.269 e. The monoisotopic (exact) mass is 644 g/mol. The van der Waals surface area contributed by atoms with Crippen molar-refractivity contribution in [2.45, 2.75) is 51.3 Å². The van der Waals surface area contributed by atoms with E-state index in [2.05, 4.69) is 10.6 Å². The predicted octanol–water partition coefficient (Wildman–Crippen LogP) is 1.78. The van der Waals surface area contributed by atoms with Gasteiger partial charge >= 0.3 is 0 Å². The number of aliphatic hydroxyl groups is 1. The Hall–Kier alpha value is -3.42. The molecule has 1 saturated heterocycles. The molecule has 0 aromatic heterocycles. The molecular formula is C27H33N5O8Y. The summed E-state index contributed by atoms with van der Waals surface area (Å²) in [5.41, 5.74) is 2.17. The van der Waals surface area contributed by atoms with E-state index in [9.17, 15) is 34.4 Å². The van der Waals surface area contributed by atoms with E-state index < -0.39 is 4.92 Å². The second-order valence-corrected chi connectivity index (χ2v) is 9.58. The van der Waals surface area contributed by atoms with Gasteiger partial charge in [0.2, 0.25) is 18.2 Å². The van der Waals surface area contributed by atoms with E-state index in [4.69, 9.17) is 5.11 Å². The Morgan fingerprint density at radius 3 is 2.44 bits per heavy atom. The third-order valence-electron chi connectivity index (χ3n) is 6.84. The normalized spacial score (nSPS) is 15.0. The number of aromatic hydroxyl groups is 1. The molecule has 41 heavy (non-hydrogen) atoms. The number of amides is 4. The standard InChI is InChI=1S/C21H28N4O5.C6H5NO3.Y/c1-14(5-6-19(28)23-13-26)25-12-17-16(21(25)30)3-2-4-18(17)22-11-20(29)24-9-7-15(27)8-10-24;8-6-3-1-5(2-4-6)7(9)10;/h2-4,13-15,22,27H,5-12H2,1H3,(H,23,26,28);1-4,8H;. The molecule has 1 fully saturated rings. The fourth-order valence-corrected chi connectivity index (χ4v) is 4.48. The van der Waals surface area contributed by atoms with Crippen LogP contribution in [0, 0.1) is 10.1 Å². The van der Waals surface area contributed by atoms with E-state index in [-0.39, 0.29) is 87.0 Å². The van der Waals surface area contributed by atoms with E-state index in [0.29, 0.717) is 50.9 Å². The van der Waals surface area contributed by atoms with Gasteiger partial charge in [0.05, 0.1) is 17.6 Å². The van der Waals surface area contributed by atoms with Crippen LogP contribution in [0.1, 0.15) is 48.5 Å². The number of fused-ring (bicyclic) bond motifs is 1. The first-order chi connectivity index (χ1) is 19.1. The van der Waals surface area contributed by atoms with Gasteiger partial charge in [0.1, 0.15) is 5.75 Å². The predicted molar refractivity (Wildman–Crippen MR) is 144 cm³/mol. The summed E-state index contributed by atoms with van der Waals surface area (Å²) in [5, 5.41) is 33.6. The fourth-order valence-electron chi connectivity index (χ4n) is 4.48. The van der Waals surface area contributed by atoms with E-state index in [1.165, 1.54) is 24.3 Å². The van der Waals surface area contributed by atoms with Crippen molar-refractivity contribution in [1.29, 1.82) is 0 Å². The largest absolute Gasteiger partial charge is 0.508 e. The summed E-state index contributed by atoms with van der Waals surface area (Å²) in [6, 6.07) is 10.3. The number of hydrogen-bond acceptors (Lipinski definition) is 9. The van der Waals surface area contributed by atoms with Crippen molar-refractivity contribution in [3.05, 3.63) is 63.7 Å². The van der Waals surface area contributed by atoms with Gasteiger partial charge in [-0.05, 0) is 50.5 Å². The number of anilines is 1. The SMILES string of the molecule is CC(CCC(=O)NC=O)N1Cc2c(NCC(=O)N3CCC(O)CC3)cccc2C1=O.O=[N+]([O-])c1ccc(O)cc1.[Y]. The molecular weight excluding hydrogens is 611 g/mol. The third kappa shape index (κ3) is 9.58. The molecule has 0 bridgehead atoms. The topological polar surface area (TPSA) is 182 Å². The van der Waals surface area contributed by atoms with E-state index >= 15 is 0 Å². The van der Waals surface area contributed by atoms with Crippen LogP contribution in [0.3, 0.4) is 0 Å². The number of aliphatic hydroxyl groups excluding tert-OH is 1. The van der Waals surface area contributed by atoms with Gasteiger partial charge in [0.25, 0.3) is 11.6 Å². The molecule has 2 aliphatic rings. The third-order valence-corrected chi connectivity index (χ3v) is 6.84. The molecule has 2 aromatic rings. The van der Waals surface area contributed by atoms with E-state index in [0.717, 1.165) is 11.3 Å². The Balaban J connectivity index is 0.000000452. The molecule has 1 unspecified atom stereocenters. The molecule has 0 spiro atoms. The number of nitro benzene ring substituents is 1. The maximum atomic E-state index is 12.8. The number of carbonyl (C=O) groups excluding carboxylic acids is 4. The fraction of sp³-hybridized carbons (Fsp3) is 0.407. The van der Waals surface area contributed by atoms with Crippen LogP contribution < -0.4 is 10.6 Å². The van der Waals surface area contributed by atoms with Crippen molar-refractivity contribution < 1.29 is 67.0 Å². The first kappa shape index (κ1) is 33.8. The van der Waals surface area contributed by atoms with Gasteiger partial charge < -0.3 is 25.3 Å². The Morgan fingerprint density at radius 2 is 1.83 bits per heavy atom. The summed E-state index contributed by atoms with van der Waals surface area (Å²) in [4.78, 5) is 60.1. The van der Waals surface area contributed by atoms with Crippen LogP contribution in [0.4, 0.5) is 11.4 Å². The number of likely N-dealkylation sites (tertiary alicyclic amines) is 1. The maximum Gasteiger partial charge on any atom is 0.269 e. The van der Waals surface area contributed by atoms with Gasteiger partial charge in [-0.2, -0.15) is 0 Å². The second-order valence-electron chi connectivity index (χ2n) is 9.58. The van der Waals surface area contributed by atoms with Gasteiger partial charge in [-0.15, -0.1) is 0 Å². The van der Waals surface area contributed by atoms with Gasteiger partial charge in [0.15, 0.2) is 0 Å². The first-order valence-electron chi connectivity index (χ1n) is 12.9. The maximum absolute atomic E-state index is 12.8. The molecule has 2 aromatic carbocycles. The minimum absolute atomic E-state index is 0. The van der Waals surface area contributed by atoms with E-state index in [1.54, 1.807) is 21.9 Å². The summed E-state index contributed by atoms with van der Waals surface area (Å²) in [6.07, 6.45) is 1.82. The molecule has 217 valence electrons. The molecule has 1 atom stereocenters. The number of piperidine rings is 1. The Labute approximate surface area is 262 Å². The van der Waals surface area contributed by atoms with Crippen molar-refractivity contribution in [3.63, 3.8) is 0 Å². The summed E-state index contributed by atoms with van der Waals surface area (Å²) in [5.74, 6) is -0.471. The van der Waals surface area contributed by atoms with Crippen LogP contribution in [0.5, 0.6) is 5.75 Å². The molecule has 13 nitrogen and oxygen atoms in total. The molecule has 14 heteroatoms. The van der Waals surface area contributed by atoms with E-state index in [1.807, 2.05) is 13.0 Å². The zero-order chi connectivity index (χ0) is 29.2.